The Bertz CT molecular complexity index is 410. The molecule has 1 aliphatic rings. The molecule has 0 spiro atoms. The monoisotopic (exact) mass is 206 g/mol. The molecule has 3 nitrogen and oxygen atoms in total. The van der Waals surface area contributed by atoms with Gasteiger partial charge in [0.1, 0.15) is 0 Å². The predicted octanol–water partition coefficient (Wildman–Crippen LogP) is 2.39. The molecule has 1 aromatic carbocycles. The fourth-order valence-corrected chi connectivity index (χ4v) is 2.04. The van der Waals surface area contributed by atoms with E-state index in [0.29, 0.717) is 17.9 Å². The van der Waals surface area contributed by atoms with E-state index in [-0.39, 0.29) is 11.7 Å². The maximum absolute atomic E-state index is 11.6. The summed E-state index contributed by atoms with van der Waals surface area (Å²) in [6.45, 7) is 2.05. The molecule has 1 atom stereocenters. The molecule has 0 saturated carbocycles. The van der Waals surface area contributed by atoms with Crippen molar-refractivity contribution in [3.8, 4) is 11.5 Å². The lowest BCUT2D eigenvalue weighted by atomic mass is 10.0. The van der Waals surface area contributed by atoms with Gasteiger partial charge in [-0.15, -0.1) is 0 Å². The first-order valence-corrected chi connectivity index (χ1v) is 4.96. The van der Waals surface area contributed by atoms with Crippen LogP contribution in [0.15, 0.2) is 12.1 Å². The van der Waals surface area contributed by atoms with Crippen molar-refractivity contribution in [3.05, 3.63) is 23.3 Å². The largest absolute Gasteiger partial charge is 0.493 e. The van der Waals surface area contributed by atoms with Crippen LogP contribution in [0.25, 0.3) is 0 Å². The standard InChI is InChI=1S/C12H14O3/c1-7-4-10(13)9-6-12(15-3)11(14-2)5-8(7)9/h5-7H,4H2,1-3H3. The third-order valence-corrected chi connectivity index (χ3v) is 2.88. The Morgan fingerprint density at radius 1 is 1.20 bits per heavy atom. The number of fused-ring (bicyclic) bond motifs is 1. The van der Waals surface area contributed by atoms with E-state index in [0.717, 1.165) is 11.1 Å². The zero-order chi connectivity index (χ0) is 11.0. The molecule has 1 unspecified atom stereocenters. The summed E-state index contributed by atoms with van der Waals surface area (Å²) in [5, 5.41) is 0. The Morgan fingerprint density at radius 3 is 2.40 bits per heavy atom. The van der Waals surface area contributed by atoms with Crippen LogP contribution in [0.3, 0.4) is 0 Å². The molecule has 0 bridgehead atoms. The van der Waals surface area contributed by atoms with E-state index in [9.17, 15) is 4.79 Å². The van der Waals surface area contributed by atoms with Gasteiger partial charge in [0, 0.05) is 12.0 Å². The number of rotatable bonds is 2. The molecule has 2 rings (SSSR count). The van der Waals surface area contributed by atoms with Crippen molar-refractivity contribution in [3.63, 3.8) is 0 Å². The van der Waals surface area contributed by atoms with Crippen molar-refractivity contribution in [1.82, 2.24) is 0 Å². The molecule has 1 aliphatic carbocycles. The van der Waals surface area contributed by atoms with Crippen LogP contribution in [0.2, 0.25) is 0 Å². The minimum absolute atomic E-state index is 0.193. The van der Waals surface area contributed by atoms with Crippen LogP contribution in [0.1, 0.15) is 35.2 Å². The van der Waals surface area contributed by atoms with Crippen molar-refractivity contribution >= 4 is 5.78 Å². The van der Waals surface area contributed by atoms with Crippen LogP contribution in [0, 0.1) is 0 Å². The molecule has 0 radical (unpaired) electrons. The van der Waals surface area contributed by atoms with Crippen molar-refractivity contribution in [2.24, 2.45) is 0 Å². The van der Waals surface area contributed by atoms with E-state index in [1.54, 1.807) is 20.3 Å². The Morgan fingerprint density at radius 2 is 1.80 bits per heavy atom. The summed E-state index contributed by atoms with van der Waals surface area (Å²) < 4.78 is 10.4. The molecule has 0 aromatic heterocycles. The molecule has 0 aliphatic heterocycles. The quantitative estimate of drug-likeness (QED) is 0.745. The highest BCUT2D eigenvalue weighted by Gasteiger charge is 2.28. The topological polar surface area (TPSA) is 35.5 Å². The van der Waals surface area contributed by atoms with E-state index >= 15 is 0 Å². The number of benzene rings is 1. The highest BCUT2D eigenvalue weighted by atomic mass is 16.5. The Kier molecular flexibility index (Phi) is 2.39. The van der Waals surface area contributed by atoms with E-state index in [4.69, 9.17) is 9.47 Å². The van der Waals surface area contributed by atoms with Gasteiger partial charge in [-0.2, -0.15) is 0 Å². The zero-order valence-corrected chi connectivity index (χ0v) is 9.16. The Hall–Kier alpha value is -1.51. The molecular formula is C12H14O3. The molecule has 3 heteroatoms. The lowest BCUT2D eigenvalue weighted by Gasteiger charge is -2.10. The first-order valence-electron chi connectivity index (χ1n) is 4.96. The Balaban J connectivity index is 2.58. The number of methoxy groups -OCH3 is 2. The van der Waals surface area contributed by atoms with E-state index in [1.165, 1.54) is 0 Å². The van der Waals surface area contributed by atoms with E-state index in [2.05, 4.69) is 6.92 Å². The second-order valence-corrected chi connectivity index (χ2v) is 3.82. The summed E-state index contributed by atoms with van der Waals surface area (Å²) in [5.41, 5.74) is 1.85. The third-order valence-electron chi connectivity index (χ3n) is 2.88. The normalized spacial score (nSPS) is 18.9. The van der Waals surface area contributed by atoms with Gasteiger partial charge in [0.25, 0.3) is 0 Å². The van der Waals surface area contributed by atoms with Crippen molar-refractivity contribution in [2.75, 3.05) is 14.2 Å². The molecule has 80 valence electrons. The molecule has 0 N–H and O–H groups in total. The zero-order valence-electron chi connectivity index (χ0n) is 9.16. The van der Waals surface area contributed by atoms with Gasteiger partial charge >= 0.3 is 0 Å². The van der Waals surface area contributed by atoms with Crippen LogP contribution in [-0.4, -0.2) is 20.0 Å². The number of hydrogen-bond acceptors (Lipinski definition) is 3. The van der Waals surface area contributed by atoms with Gasteiger partial charge in [-0.25, -0.2) is 0 Å². The van der Waals surface area contributed by atoms with E-state index in [1.807, 2.05) is 6.07 Å². The van der Waals surface area contributed by atoms with Crippen molar-refractivity contribution < 1.29 is 14.3 Å². The summed E-state index contributed by atoms with van der Waals surface area (Å²) in [4.78, 5) is 11.6. The third kappa shape index (κ3) is 1.48. The van der Waals surface area contributed by atoms with E-state index < -0.39 is 0 Å². The summed E-state index contributed by atoms with van der Waals surface area (Å²) in [6.07, 6.45) is 0.589. The summed E-state index contributed by atoms with van der Waals surface area (Å²) in [7, 11) is 3.18. The van der Waals surface area contributed by atoms with Gasteiger partial charge in [-0.05, 0) is 23.6 Å². The fraction of sp³-hybridized carbons (Fsp3) is 0.417. The second-order valence-electron chi connectivity index (χ2n) is 3.82. The Labute approximate surface area is 89.0 Å². The average Bonchev–Trinajstić information content (AvgIpc) is 2.52. The second kappa shape index (κ2) is 3.57. The number of Topliss-reactive ketones (excluding diaryl/α,β-unsaturated/α-hetero) is 1. The van der Waals surface area contributed by atoms with Gasteiger partial charge in [0.05, 0.1) is 14.2 Å². The maximum atomic E-state index is 11.6. The van der Waals surface area contributed by atoms with Gasteiger partial charge < -0.3 is 9.47 Å². The lowest BCUT2D eigenvalue weighted by molar-refractivity contribution is 0.0990. The van der Waals surface area contributed by atoms with Crippen LogP contribution >= 0.6 is 0 Å². The summed E-state index contributed by atoms with van der Waals surface area (Å²) >= 11 is 0. The number of carbonyl (C=O) groups excluding carboxylic acids is 1. The average molecular weight is 206 g/mol. The van der Waals surface area contributed by atoms with Gasteiger partial charge in [-0.1, -0.05) is 6.92 Å². The molecule has 1 aromatic rings. The number of ketones is 1. The van der Waals surface area contributed by atoms with Gasteiger partial charge in [0.2, 0.25) is 0 Å². The SMILES string of the molecule is COc1cc2c(cc1OC)C(C)CC2=O. The molecule has 0 amide bonds. The van der Waals surface area contributed by atoms with Crippen LogP contribution < -0.4 is 9.47 Å². The van der Waals surface area contributed by atoms with Gasteiger partial charge in [-0.3, -0.25) is 4.79 Å². The maximum Gasteiger partial charge on any atom is 0.163 e. The van der Waals surface area contributed by atoms with Crippen molar-refractivity contribution in [2.45, 2.75) is 19.3 Å². The molecule has 0 saturated heterocycles. The smallest absolute Gasteiger partial charge is 0.163 e. The highest BCUT2D eigenvalue weighted by Crippen LogP contribution is 2.39. The van der Waals surface area contributed by atoms with Gasteiger partial charge in [0.15, 0.2) is 17.3 Å². The van der Waals surface area contributed by atoms with Crippen LogP contribution in [0.5, 0.6) is 11.5 Å². The minimum Gasteiger partial charge on any atom is -0.493 e. The number of carbonyl (C=O) groups is 1. The lowest BCUT2D eigenvalue weighted by Crippen LogP contribution is -1.96. The molecule has 0 heterocycles. The first kappa shape index (κ1) is 10.0. The minimum atomic E-state index is 0.193. The van der Waals surface area contributed by atoms with Crippen molar-refractivity contribution in [1.29, 1.82) is 0 Å². The highest BCUT2D eigenvalue weighted by molar-refractivity contribution is 6.02. The molecule has 15 heavy (non-hydrogen) atoms. The number of ether oxygens (including phenoxy) is 2. The summed E-state index contributed by atoms with van der Waals surface area (Å²) in [5.74, 6) is 1.79. The first-order chi connectivity index (χ1) is 7.17. The number of hydrogen-bond donors (Lipinski definition) is 0. The fourth-order valence-electron chi connectivity index (χ4n) is 2.04. The van der Waals surface area contributed by atoms with Crippen LogP contribution in [-0.2, 0) is 0 Å². The predicted molar refractivity (Wildman–Crippen MR) is 56.9 cm³/mol. The van der Waals surface area contributed by atoms with Crippen LogP contribution in [0.4, 0.5) is 0 Å². The molecular weight excluding hydrogens is 192 g/mol. The summed E-state index contributed by atoms with van der Waals surface area (Å²) in [6, 6.07) is 3.68. The molecule has 0 fully saturated rings.